The Labute approximate surface area is 564 Å². The number of rotatable bonds is 4. The van der Waals surface area contributed by atoms with Crippen LogP contribution in [0.4, 0.5) is 0 Å². The third-order valence-electron chi connectivity index (χ3n) is 19.6. The zero-order valence-electron chi connectivity index (χ0n) is 50.6. The van der Waals surface area contributed by atoms with Crippen molar-refractivity contribution in [1.82, 2.24) is 29.9 Å². The summed E-state index contributed by atoms with van der Waals surface area (Å²) < 4.78 is 29.6. The molecular weight excluding hydrogens is 1430 g/mol. The molecule has 0 radical (unpaired) electrons. The van der Waals surface area contributed by atoms with Crippen molar-refractivity contribution in [3.63, 3.8) is 0 Å². The number of hydrogen-bond donors (Lipinski definition) is 0. The predicted molar refractivity (Wildman–Crippen MR) is 377 cm³/mol. The second-order valence-corrected chi connectivity index (χ2v) is 29.3. The van der Waals surface area contributed by atoms with E-state index in [0.717, 1.165) is 39.3 Å². The second-order valence-electron chi connectivity index (χ2n) is 25.6. The molecule has 0 unspecified atom stereocenters. The van der Waals surface area contributed by atoms with Gasteiger partial charge in [-0.3, -0.25) is 0 Å². The maximum absolute atomic E-state index is 6.55. The fourth-order valence-corrected chi connectivity index (χ4v) is 15.0. The topological polar surface area (TPSA) is 114 Å². The standard InChI is InChI=1S/C37H38B2O4.C33H18Br2N4.C4H2BrIN2/c1-33(2)34(3,4)41-38(40-33)23-17-19-27-28-20-18-24(39-42-35(5,6)36(7,8)43-39)22-32(28)37(31(27)21-23)29-15-11-9-13-25(29)26-14-10-12-16-30(26)37;34-21-15-36-31(37-16-21)19-9-11-25-26-12-10-20(32-38-17-22(35)18-39-32)14-30(26)33(29(25)13-19)27-7-3-1-5-23(27)24-6-2-4-8-28(24)33;5-3-1-7-4(6)8-2-3/h9-22H,1-8H3;1-18H;1-2H. The highest BCUT2D eigenvalue weighted by Gasteiger charge is 2.57. The summed E-state index contributed by atoms with van der Waals surface area (Å²) in [7, 11) is -0.883. The summed E-state index contributed by atoms with van der Waals surface area (Å²) in [6.45, 7) is 16.9. The van der Waals surface area contributed by atoms with Gasteiger partial charge in [-0.1, -0.05) is 158 Å². The monoisotopic (exact) mass is 1480 g/mol. The molecule has 4 aliphatic carbocycles. The molecule has 0 saturated carbocycles. The molecule has 0 amide bonds. The molecule has 16 heteroatoms. The van der Waals surface area contributed by atoms with E-state index in [2.05, 4.69) is 326 Å². The van der Waals surface area contributed by atoms with Gasteiger partial charge >= 0.3 is 14.2 Å². The molecule has 11 aromatic rings. The molecule has 90 heavy (non-hydrogen) atoms. The van der Waals surface area contributed by atoms with Crippen molar-refractivity contribution in [3.05, 3.63) is 269 Å². The molecule has 2 saturated heterocycles. The number of fused-ring (bicyclic) bond motifs is 20. The van der Waals surface area contributed by atoms with Gasteiger partial charge in [-0.15, -0.1) is 0 Å². The molecule has 3 aromatic heterocycles. The van der Waals surface area contributed by atoms with Gasteiger partial charge in [0.05, 0.1) is 46.7 Å². The average Bonchev–Trinajstić information content (AvgIpc) is 1.52. The minimum Gasteiger partial charge on any atom is -0.399 e. The van der Waals surface area contributed by atoms with Crippen LogP contribution < -0.4 is 10.9 Å². The summed E-state index contributed by atoms with van der Waals surface area (Å²) in [5.74, 6) is 1.41. The van der Waals surface area contributed by atoms with Crippen LogP contribution in [-0.4, -0.2) is 66.5 Å². The second kappa shape index (κ2) is 21.9. The van der Waals surface area contributed by atoms with Crippen LogP contribution in [0.5, 0.6) is 0 Å². The van der Waals surface area contributed by atoms with Crippen molar-refractivity contribution >= 4 is 95.5 Å². The first-order valence-corrected chi connectivity index (χ1v) is 33.4. The SMILES string of the molecule is Brc1cnc(-c2ccc3c(c2)C2(c4ccccc4-c4ccccc42)c2cc(-c4ncc(Br)cn4)ccc2-3)nc1.Brc1cnc(I)nc1.CC1(C)OB(c2ccc3c(c2)C2(c4ccccc4-c4ccccc42)c2cc(B4OC(C)(C)C(C)(C)O4)ccc2-3)OC1(C)C. The fraction of sp³-hybridized carbons (Fsp3) is 0.189. The van der Waals surface area contributed by atoms with E-state index in [1.54, 1.807) is 37.2 Å². The molecule has 0 atom stereocenters. The first kappa shape index (κ1) is 59.4. The van der Waals surface area contributed by atoms with Crippen molar-refractivity contribution in [3.8, 4) is 67.3 Å². The Hall–Kier alpha value is -6.86. The first-order chi connectivity index (χ1) is 43.2. The molecule has 17 rings (SSSR count). The van der Waals surface area contributed by atoms with Crippen LogP contribution in [0.1, 0.15) is 99.9 Å². The van der Waals surface area contributed by atoms with Crippen LogP contribution in [0.3, 0.4) is 0 Å². The summed E-state index contributed by atoms with van der Waals surface area (Å²) >= 11 is 12.2. The lowest BCUT2D eigenvalue weighted by Gasteiger charge is -2.32. The third-order valence-corrected chi connectivity index (χ3v) is 21.4. The number of hydrogen-bond acceptors (Lipinski definition) is 10. The largest absolute Gasteiger partial charge is 0.494 e. The molecular formula is C74H58B2Br3IN6O4. The molecule has 10 nitrogen and oxygen atoms in total. The van der Waals surface area contributed by atoms with Crippen LogP contribution >= 0.6 is 70.4 Å². The van der Waals surface area contributed by atoms with Crippen molar-refractivity contribution in [2.45, 2.75) is 88.6 Å². The van der Waals surface area contributed by atoms with E-state index in [-0.39, 0.29) is 0 Å². The summed E-state index contributed by atoms with van der Waals surface area (Å²) in [5.41, 5.74) is 21.6. The minimum atomic E-state index is -0.489. The normalized spacial score (nSPS) is 17.4. The van der Waals surface area contributed by atoms with Crippen LogP contribution in [0.2, 0.25) is 0 Å². The summed E-state index contributed by atoms with van der Waals surface area (Å²) in [4.78, 5) is 26.3. The van der Waals surface area contributed by atoms with E-state index < -0.39 is 47.5 Å². The van der Waals surface area contributed by atoms with Crippen LogP contribution in [0.25, 0.3) is 67.3 Å². The third kappa shape index (κ3) is 9.27. The molecule has 2 aliphatic heterocycles. The van der Waals surface area contributed by atoms with Crippen molar-refractivity contribution in [2.24, 2.45) is 0 Å². The lowest BCUT2D eigenvalue weighted by Crippen LogP contribution is -2.41. The van der Waals surface area contributed by atoms with Crippen LogP contribution in [0.15, 0.2) is 220 Å². The number of nitrogens with zero attached hydrogens (tertiary/aromatic N) is 6. The maximum Gasteiger partial charge on any atom is 0.494 e. The Kier molecular flexibility index (Phi) is 14.5. The van der Waals surface area contributed by atoms with Crippen LogP contribution in [0, 0.1) is 3.83 Å². The average molecular weight is 1480 g/mol. The smallest absolute Gasteiger partial charge is 0.399 e. The van der Waals surface area contributed by atoms with Gasteiger partial charge in [0.1, 0.15) is 0 Å². The maximum atomic E-state index is 6.55. The zero-order valence-corrected chi connectivity index (χ0v) is 57.5. The van der Waals surface area contributed by atoms with Gasteiger partial charge in [-0.05, 0) is 215 Å². The highest BCUT2D eigenvalue weighted by molar-refractivity contribution is 14.1. The molecule has 442 valence electrons. The van der Waals surface area contributed by atoms with Crippen LogP contribution in [-0.2, 0) is 29.4 Å². The van der Waals surface area contributed by atoms with Gasteiger partial charge < -0.3 is 18.6 Å². The number of benzene rings is 8. The van der Waals surface area contributed by atoms with E-state index >= 15 is 0 Å². The molecule has 0 bridgehead atoms. The summed E-state index contributed by atoms with van der Waals surface area (Å²) in [6, 6.07) is 62.2. The van der Waals surface area contributed by atoms with Crippen molar-refractivity contribution in [1.29, 1.82) is 0 Å². The van der Waals surface area contributed by atoms with Gasteiger partial charge in [-0.25, -0.2) is 29.9 Å². The molecule has 5 heterocycles. The molecule has 2 spiro atoms. The highest BCUT2D eigenvalue weighted by Crippen LogP contribution is 2.65. The Morgan fingerprint density at radius 2 is 0.567 bits per heavy atom. The quantitative estimate of drug-likeness (QED) is 0.0958. The molecule has 2 fully saturated rings. The summed E-state index contributed by atoms with van der Waals surface area (Å²) in [5, 5.41) is 0. The zero-order chi connectivity index (χ0) is 62.3. The van der Waals surface area contributed by atoms with E-state index in [4.69, 9.17) is 18.6 Å². The molecule has 6 aliphatic rings. The first-order valence-electron chi connectivity index (χ1n) is 30.0. The Bertz CT molecular complexity index is 4390. The Morgan fingerprint density at radius 3 is 0.867 bits per heavy atom. The van der Waals surface area contributed by atoms with Gasteiger partial charge in [0, 0.05) is 70.9 Å². The Balaban J connectivity index is 0.000000134. The van der Waals surface area contributed by atoms with Crippen molar-refractivity contribution in [2.75, 3.05) is 0 Å². The molecule has 0 N–H and O–H groups in total. The molecule has 8 aromatic carbocycles. The van der Waals surface area contributed by atoms with E-state index in [1.165, 1.54) is 89.0 Å². The number of halogens is 4. The minimum absolute atomic E-state index is 0.415. The lowest BCUT2D eigenvalue weighted by atomic mass is 9.67. The van der Waals surface area contributed by atoms with Gasteiger partial charge in [0.15, 0.2) is 15.5 Å². The number of aromatic nitrogens is 6. The highest BCUT2D eigenvalue weighted by atomic mass is 127. The van der Waals surface area contributed by atoms with E-state index in [1.807, 2.05) is 0 Å². The fourth-order valence-electron chi connectivity index (χ4n) is 14.1. The van der Waals surface area contributed by atoms with Gasteiger partial charge in [-0.2, -0.15) is 0 Å². The van der Waals surface area contributed by atoms with E-state index in [9.17, 15) is 0 Å². The van der Waals surface area contributed by atoms with Crippen molar-refractivity contribution < 1.29 is 18.6 Å². The summed E-state index contributed by atoms with van der Waals surface area (Å²) in [6.07, 6.45) is 10.6. The predicted octanol–water partition coefficient (Wildman–Crippen LogP) is 16.9. The van der Waals surface area contributed by atoms with Gasteiger partial charge in [0.2, 0.25) is 0 Å². The lowest BCUT2D eigenvalue weighted by molar-refractivity contribution is 0.00578. The van der Waals surface area contributed by atoms with E-state index in [0.29, 0.717) is 11.6 Å². The van der Waals surface area contributed by atoms with Gasteiger partial charge in [0.25, 0.3) is 0 Å². The Morgan fingerprint density at radius 1 is 0.311 bits per heavy atom.